The van der Waals surface area contributed by atoms with Gasteiger partial charge in [0.15, 0.2) is 0 Å². The fourth-order valence-electron chi connectivity index (χ4n) is 1.68. The minimum atomic E-state index is -0.466. The standard InChI is InChI=1S/C13H14ClN3O2S/c1-19-13(18)10-6-8(15)7-17-12(10)16-5-4-9-2-3-11(14)20-9/h2-3,6-7H,4-5,15H2,1H3,(H,16,17). The molecule has 2 aromatic heterocycles. The summed E-state index contributed by atoms with van der Waals surface area (Å²) >= 11 is 7.40. The van der Waals surface area contributed by atoms with Crippen LogP contribution in [0, 0.1) is 0 Å². The van der Waals surface area contributed by atoms with Crippen LogP contribution in [0.5, 0.6) is 0 Å². The normalized spacial score (nSPS) is 10.3. The van der Waals surface area contributed by atoms with Crippen molar-refractivity contribution in [3.05, 3.63) is 39.2 Å². The molecule has 106 valence electrons. The van der Waals surface area contributed by atoms with Crippen LogP contribution in [0.1, 0.15) is 15.2 Å². The number of hydrogen-bond donors (Lipinski definition) is 2. The van der Waals surface area contributed by atoms with E-state index < -0.39 is 5.97 Å². The number of carbonyl (C=O) groups excluding carboxylic acids is 1. The van der Waals surface area contributed by atoms with Gasteiger partial charge in [-0.05, 0) is 24.6 Å². The highest BCUT2D eigenvalue weighted by Crippen LogP contribution is 2.22. The van der Waals surface area contributed by atoms with Gasteiger partial charge in [0.25, 0.3) is 0 Å². The first kappa shape index (κ1) is 14.6. The first-order valence-electron chi connectivity index (χ1n) is 5.92. The number of aromatic nitrogens is 1. The number of ether oxygens (including phenoxy) is 1. The second-order valence-electron chi connectivity index (χ2n) is 4.04. The highest BCUT2D eigenvalue weighted by Gasteiger charge is 2.13. The number of nitrogens with zero attached hydrogens (tertiary/aromatic N) is 1. The van der Waals surface area contributed by atoms with Crippen LogP contribution in [0.15, 0.2) is 24.4 Å². The molecule has 0 aliphatic heterocycles. The zero-order chi connectivity index (χ0) is 14.5. The van der Waals surface area contributed by atoms with Gasteiger partial charge in [0.05, 0.1) is 23.3 Å². The minimum absolute atomic E-state index is 0.330. The van der Waals surface area contributed by atoms with Gasteiger partial charge in [-0.1, -0.05) is 11.6 Å². The van der Waals surface area contributed by atoms with Gasteiger partial charge >= 0.3 is 5.97 Å². The smallest absolute Gasteiger partial charge is 0.341 e. The number of nitrogen functional groups attached to an aromatic ring is 1. The van der Waals surface area contributed by atoms with Crippen molar-refractivity contribution in [1.29, 1.82) is 0 Å². The number of esters is 1. The Labute approximate surface area is 125 Å². The van der Waals surface area contributed by atoms with E-state index in [0.717, 1.165) is 15.6 Å². The Balaban J connectivity index is 2.03. The van der Waals surface area contributed by atoms with Crippen LogP contribution in [-0.4, -0.2) is 24.6 Å². The molecular weight excluding hydrogens is 298 g/mol. The third-order valence-corrected chi connectivity index (χ3v) is 3.90. The molecule has 3 N–H and O–H groups in total. The Morgan fingerprint density at radius 2 is 2.35 bits per heavy atom. The molecule has 5 nitrogen and oxygen atoms in total. The maximum atomic E-state index is 11.6. The number of nitrogens with two attached hydrogens (primary N) is 1. The second-order valence-corrected chi connectivity index (χ2v) is 5.84. The molecule has 2 aromatic rings. The summed E-state index contributed by atoms with van der Waals surface area (Å²) in [6, 6.07) is 5.39. The quantitative estimate of drug-likeness (QED) is 0.830. The topological polar surface area (TPSA) is 77.2 Å². The molecule has 0 saturated carbocycles. The Kier molecular flexibility index (Phi) is 4.81. The van der Waals surface area contributed by atoms with Crippen molar-refractivity contribution in [2.24, 2.45) is 0 Å². The van der Waals surface area contributed by atoms with E-state index in [1.807, 2.05) is 12.1 Å². The van der Waals surface area contributed by atoms with E-state index in [4.69, 9.17) is 22.1 Å². The maximum absolute atomic E-state index is 11.6. The van der Waals surface area contributed by atoms with E-state index in [1.54, 1.807) is 6.07 Å². The summed E-state index contributed by atoms with van der Waals surface area (Å²) in [4.78, 5) is 16.9. The molecule has 0 aliphatic rings. The summed E-state index contributed by atoms with van der Waals surface area (Å²) in [6.07, 6.45) is 2.29. The molecule has 0 unspecified atom stereocenters. The highest BCUT2D eigenvalue weighted by molar-refractivity contribution is 7.16. The van der Waals surface area contributed by atoms with Crippen LogP contribution in [-0.2, 0) is 11.2 Å². The average molecular weight is 312 g/mol. The summed E-state index contributed by atoms with van der Waals surface area (Å²) in [6.45, 7) is 0.637. The summed E-state index contributed by atoms with van der Waals surface area (Å²) in [5, 5.41) is 3.11. The molecule has 0 aromatic carbocycles. The van der Waals surface area contributed by atoms with Crippen molar-refractivity contribution in [3.8, 4) is 0 Å². The lowest BCUT2D eigenvalue weighted by molar-refractivity contribution is 0.0601. The number of thiophene rings is 1. The largest absolute Gasteiger partial charge is 0.465 e. The number of nitrogens with one attached hydrogen (secondary N) is 1. The van der Waals surface area contributed by atoms with Gasteiger partial charge < -0.3 is 15.8 Å². The van der Waals surface area contributed by atoms with Gasteiger partial charge in [-0.25, -0.2) is 9.78 Å². The fourth-order valence-corrected chi connectivity index (χ4v) is 2.76. The van der Waals surface area contributed by atoms with Crippen molar-refractivity contribution >= 4 is 40.4 Å². The Morgan fingerprint density at radius 3 is 3.00 bits per heavy atom. The monoisotopic (exact) mass is 311 g/mol. The highest BCUT2D eigenvalue weighted by atomic mass is 35.5. The van der Waals surface area contributed by atoms with Crippen LogP contribution < -0.4 is 11.1 Å². The molecule has 0 atom stereocenters. The molecule has 7 heteroatoms. The molecule has 20 heavy (non-hydrogen) atoms. The summed E-state index contributed by atoms with van der Waals surface area (Å²) in [7, 11) is 1.32. The van der Waals surface area contributed by atoms with E-state index in [9.17, 15) is 4.79 Å². The Bertz CT molecular complexity index is 615. The number of anilines is 2. The van der Waals surface area contributed by atoms with Crippen LogP contribution in [0.3, 0.4) is 0 Å². The average Bonchev–Trinajstić information content (AvgIpc) is 2.85. The predicted octanol–water partition coefficient (Wildman–Crippen LogP) is 2.82. The van der Waals surface area contributed by atoms with E-state index in [2.05, 4.69) is 10.3 Å². The molecule has 0 radical (unpaired) electrons. The number of carbonyl (C=O) groups is 1. The Morgan fingerprint density at radius 1 is 1.55 bits per heavy atom. The van der Waals surface area contributed by atoms with Gasteiger partial charge in [-0.2, -0.15) is 0 Å². The molecule has 0 bridgehead atoms. The molecular formula is C13H14ClN3O2S. The van der Waals surface area contributed by atoms with Crippen molar-refractivity contribution in [2.45, 2.75) is 6.42 Å². The SMILES string of the molecule is COC(=O)c1cc(N)cnc1NCCc1ccc(Cl)s1. The van der Waals surface area contributed by atoms with Gasteiger partial charge in [0.2, 0.25) is 0 Å². The zero-order valence-corrected chi connectivity index (χ0v) is 12.4. The van der Waals surface area contributed by atoms with Crippen LogP contribution >= 0.6 is 22.9 Å². The zero-order valence-electron chi connectivity index (χ0n) is 10.9. The molecule has 0 fully saturated rings. The van der Waals surface area contributed by atoms with Crippen molar-refractivity contribution in [1.82, 2.24) is 4.98 Å². The van der Waals surface area contributed by atoms with E-state index in [1.165, 1.54) is 24.6 Å². The number of hydrogen-bond acceptors (Lipinski definition) is 6. The molecule has 2 heterocycles. The molecule has 0 spiro atoms. The van der Waals surface area contributed by atoms with Gasteiger partial charge in [0, 0.05) is 11.4 Å². The molecule has 0 amide bonds. The van der Waals surface area contributed by atoms with Crippen molar-refractivity contribution < 1.29 is 9.53 Å². The van der Waals surface area contributed by atoms with Gasteiger partial charge in [-0.3, -0.25) is 0 Å². The van der Waals surface area contributed by atoms with E-state index in [0.29, 0.717) is 23.6 Å². The van der Waals surface area contributed by atoms with E-state index >= 15 is 0 Å². The first-order valence-corrected chi connectivity index (χ1v) is 7.11. The van der Waals surface area contributed by atoms with Crippen molar-refractivity contribution in [2.75, 3.05) is 24.7 Å². The number of halogens is 1. The molecule has 0 saturated heterocycles. The number of pyridine rings is 1. The third kappa shape index (κ3) is 3.61. The summed E-state index contributed by atoms with van der Waals surface area (Å²) < 4.78 is 5.47. The second kappa shape index (κ2) is 6.58. The minimum Gasteiger partial charge on any atom is -0.465 e. The predicted molar refractivity (Wildman–Crippen MR) is 81.5 cm³/mol. The lowest BCUT2D eigenvalue weighted by Gasteiger charge is -2.09. The van der Waals surface area contributed by atoms with Gasteiger partial charge in [-0.15, -0.1) is 11.3 Å². The Hall–Kier alpha value is -1.79. The first-order chi connectivity index (χ1) is 9.60. The van der Waals surface area contributed by atoms with Crippen LogP contribution in [0.4, 0.5) is 11.5 Å². The van der Waals surface area contributed by atoms with Crippen LogP contribution in [0.25, 0.3) is 0 Å². The summed E-state index contributed by atoms with van der Waals surface area (Å²) in [5.41, 5.74) is 6.38. The van der Waals surface area contributed by atoms with Crippen molar-refractivity contribution in [3.63, 3.8) is 0 Å². The number of methoxy groups -OCH3 is 1. The maximum Gasteiger partial charge on any atom is 0.341 e. The summed E-state index contributed by atoms with van der Waals surface area (Å²) in [5.74, 6) is 0.000158. The van der Waals surface area contributed by atoms with Crippen LogP contribution in [0.2, 0.25) is 4.34 Å². The fraction of sp³-hybridized carbons (Fsp3) is 0.231. The third-order valence-electron chi connectivity index (χ3n) is 2.61. The van der Waals surface area contributed by atoms with Gasteiger partial charge in [0.1, 0.15) is 11.4 Å². The van der Waals surface area contributed by atoms with E-state index in [-0.39, 0.29) is 0 Å². The number of rotatable bonds is 5. The lowest BCUT2D eigenvalue weighted by Crippen LogP contribution is -2.12. The molecule has 2 rings (SSSR count). The molecule has 0 aliphatic carbocycles. The lowest BCUT2D eigenvalue weighted by atomic mass is 10.2.